The van der Waals surface area contributed by atoms with Crippen molar-refractivity contribution in [3.8, 4) is 0 Å². The number of piperidine rings is 1. The minimum atomic E-state index is 0.0241. The molecule has 6 heteroatoms. The topological polar surface area (TPSA) is 60.0 Å². The molecule has 2 rings (SSSR count). The van der Waals surface area contributed by atoms with E-state index < -0.39 is 0 Å². The van der Waals surface area contributed by atoms with E-state index in [4.69, 9.17) is 0 Å². The zero-order chi connectivity index (χ0) is 20.4. The Balaban J connectivity index is 1.64. The van der Waals surface area contributed by atoms with Crippen molar-refractivity contribution >= 4 is 11.9 Å². The van der Waals surface area contributed by atoms with Gasteiger partial charge in [-0.25, -0.2) is 0 Å². The Morgan fingerprint density at radius 1 is 1.21 bits per heavy atom. The van der Waals surface area contributed by atoms with Crippen LogP contribution in [0.1, 0.15) is 48.5 Å². The maximum absolute atomic E-state index is 11.9. The molecule has 0 bridgehead atoms. The summed E-state index contributed by atoms with van der Waals surface area (Å²) < 4.78 is 0. The summed E-state index contributed by atoms with van der Waals surface area (Å²) in [7, 11) is 5.32. The molecule has 0 spiro atoms. The van der Waals surface area contributed by atoms with Gasteiger partial charge in [-0.05, 0) is 62.4 Å². The molecule has 0 aliphatic carbocycles. The van der Waals surface area contributed by atoms with Gasteiger partial charge in [0.15, 0.2) is 5.96 Å². The summed E-state index contributed by atoms with van der Waals surface area (Å²) in [6, 6.07) is 7.71. The smallest absolute Gasteiger partial charge is 0.253 e. The summed E-state index contributed by atoms with van der Waals surface area (Å²) in [5, 5.41) is 6.73. The lowest BCUT2D eigenvalue weighted by atomic mass is 10.0. The van der Waals surface area contributed by atoms with Crippen molar-refractivity contribution in [3.05, 3.63) is 35.4 Å². The molecule has 1 aliphatic heterocycles. The van der Waals surface area contributed by atoms with E-state index in [0.717, 1.165) is 30.4 Å². The van der Waals surface area contributed by atoms with Gasteiger partial charge >= 0.3 is 0 Å². The fourth-order valence-corrected chi connectivity index (χ4v) is 3.59. The van der Waals surface area contributed by atoms with Gasteiger partial charge in [0.1, 0.15) is 0 Å². The van der Waals surface area contributed by atoms with Gasteiger partial charge in [0.25, 0.3) is 5.91 Å². The van der Waals surface area contributed by atoms with Crippen LogP contribution in [0, 0.1) is 5.92 Å². The Kier molecular flexibility index (Phi) is 9.28. The van der Waals surface area contributed by atoms with E-state index in [1.807, 2.05) is 24.3 Å². The van der Waals surface area contributed by atoms with Crippen molar-refractivity contribution in [3.63, 3.8) is 0 Å². The Labute approximate surface area is 170 Å². The van der Waals surface area contributed by atoms with Gasteiger partial charge in [-0.2, -0.15) is 0 Å². The molecule has 156 valence electrons. The zero-order valence-electron chi connectivity index (χ0n) is 18.0. The third-order valence-corrected chi connectivity index (χ3v) is 5.23. The Morgan fingerprint density at radius 3 is 2.61 bits per heavy atom. The van der Waals surface area contributed by atoms with E-state index >= 15 is 0 Å². The average Bonchev–Trinajstić information content (AvgIpc) is 2.70. The van der Waals surface area contributed by atoms with Crippen LogP contribution in [0.4, 0.5) is 0 Å². The summed E-state index contributed by atoms with van der Waals surface area (Å²) >= 11 is 0. The molecule has 1 aromatic carbocycles. The lowest BCUT2D eigenvalue weighted by molar-refractivity contribution is 0.0827. The maximum Gasteiger partial charge on any atom is 0.253 e. The predicted molar refractivity (Wildman–Crippen MR) is 117 cm³/mol. The van der Waals surface area contributed by atoms with E-state index in [-0.39, 0.29) is 5.91 Å². The first-order valence-corrected chi connectivity index (χ1v) is 10.5. The van der Waals surface area contributed by atoms with Crippen molar-refractivity contribution in [1.82, 2.24) is 20.4 Å². The number of hydrogen-bond acceptors (Lipinski definition) is 3. The number of likely N-dealkylation sites (tertiary alicyclic amines) is 1. The minimum Gasteiger partial charge on any atom is -0.356 e. The normalized spacial score (nSPS) is 18.0. The van der Waals surface area contributed by atoms with Crippen LogP contribution in [-0.4, -0.2) is 69.0 Å². The molecule has 1 atom stereocenters. The highest BCUT2D eigenvalue weighted by molar-refractivity contribution is 5.93. The molecule has 1 fully saturated rings. The van der Waals surface area contributed by atoms with E-state index in [2.05, 4.69) is 27.4 Å². The molecule has 1 heterocycles. The minimum absolute atomic E-state index is 0.0241. The molecular weight excluding hydrogens is 350 g/mol. The zero-order valence-corrected chi connectivity index (χ0v) is 18.0. The molecule has 1 aliphatic rings. The Morgan fingerprint density at radius 2 is 1.96 bits per heavy atom. The molecule has 1 saturated heterocycles. The summed E-state index contributed by atoms with van der Waals surface area (Å²) in [5.41, 5.74) is 1.83. The molecule has 1 aromatic rings. The molecule has 28 heavy (non-hydrogen) atoms. The van der Waals surface area contributed by atoms with Gasteiger partial charge in [-0.3, -0.25) is 9.79 Å². The van der Waals surface area contributed by atoms with Crippen LogP contribution in [0.2, 0.25) is 0 Å². The summed E-state index contributed by atoms with van der Waals surface area (Å²) in [6.45, 7) is 7.70. The third-order valence-electron chi connectivity index (χ3n) is 5.23. The number of benzene rings is 1. The average molecular weight is 388 g/mol. The highest BCUT2D eigenvalue weighted by Crippen LogP contribution is 2.15. The number of rotatable bonds is 8. The fraction of sp³-hybridized carbons (Fsp3) is 0.636. The van der Waals surface area contributed by atoms with Gasteiger partial charge in [0.2, 0.25) is 0 Å². The van der Waals surface area contributed by atoms with E-state index in [1.165, 1.54) is 38.9 Å². The molecule has 6 nitrogen and oxygen atoms in total. The molecule has 2 N–H and O–H groups in total. The summed E-state index contributed by atoms with van der Waals surface area (Å²) in [4.78, 5) is 20.4. The van der Waals surface area contributed by atoms with E-state index in [0.29, 0.717) is 12.1 Å². The lowest BCUT2D eigenvalue weighted by Crippen LogP contribution is -2.38. The molecule has 0 aromatic heterocycles. The van der Waals surface area contributed by atoms with Crippen molar-refractivity contribution < 1.29 is 4.79 Å². The van der Waals surface area contributed by atoms with Gasteiger partial charge in [0, 0.05) is 46.3 Å². The highest BCUT2D eigenvalue weighted by Gasteiger charge is 2.15. The number of guanidine groups is 1. The SMILES string of the molecule is CN=C(NCCCCN1CCCC(C)C1)NCc1ccc(C(=O)N(C)C)cc1. The first-order valence-electron chi connectivity index (χ1n) is 10.5. The van der Waals surface area contributed by atoms with Crippen LogP contribution < -0.4 is 10.6 Å². The van der Waals surface area contributed by atoms with Crippen LogP contribution in [0.15, 0.2) is 29.3 Å². The third kappa shape index (κ3) is 7.50. The standard InChI is InChI=1S/C22H37N5O/c1-18-8-7-15-27(17-18)14-6-5-13-24-22(23-2)25-16-19-9-11-20(12-10-19)21(28)26(3)4/h9-12,18H,5-8,13-17H2,1-4H3,(H2,23,24,25). The highest BCUT2D eigenvalue weighted by atomic mass is 16.2. The van der Waals surface area contributed by atoms with Crippen molar-refractivity contribution in [2.45, 2.75) is 39.2 Å². The van der Waals surface area contributed by atoms with Crippen molar-refractivity contribution in [2.75, 3.05) is 47.3 Å². The van der Waals surface area contributed by atoms with Crippen LogP contribution in [0.25, 0.3) is 0 Å². The van der Waals surface area contributed by atoms with E-state index in [9.17, 15) is 4.79 Å². The second-order valence-electron chi connectivity index (χ2n) is 8.00. The number of aliphatic imine (C=N–C) groups is 1. The molecule has 1 unspecified atom stereocenters. The summed E-state index contributed by atoms with van der Waals surface area (Å²) in [5.74, 6) is 1.70. The number of carbonyl (C=O) groups excluding carboxylic acids is 1. The van der Waals surface area contributed by atoms with Crippen LogP contribution in [0.5, 0.6) is 0 Å². The van der Waals surface area contributed by atoms with Gasteiger partial charge in [-0.1, -0.05) is 19.1 Å². The van der Waals surface area contributed by atoms with Gasteiger partial charge in [0.05, 0.1) is 0 Å². The first-order chi connectivity index (χ1) is 13.5. The Hall–Kier alpha value is -2.08. The predicted octanol–water partition coefficient (Wildman–Crippen LogP) is 2.57. The number of nitrogens with zero attached hydrogens (tertiary/aromatic N) is 3. The summed E-state index contributed by atoms with van der Waals surface area (Å²) in [6.07, 6.45) is 5.10. The van der Waals surface area contributed by atoms with Crippen LogP contribution in [0.3, 0.4) is 0 Å². The maximum atomic E-state index is 11.9. The quantitative estimate of drug-likeness (QED) is 0.409. The molecular formula is C22H37N5O. The molecule has 1 amide bonds. The number of nitrogens with one attached hydrogen (secondary N) is 2. The number of amides is 1. The van der Waals surface area contributed by atoms with Crippen LogP contribution in [-0.2, 0) is 6.54 Å². The second-order valence-corrected chi connectivity index (χ2v) is 8.00. The largest absolute Gasteiger partial charge is 0.356 e. The Bertz CT molecular complexity index is 626. The van der Waals surface area contributed by atoms with Crippen molar-refractivity contribution in [1.29, 1.82) is 0 Å². The van der Waals surface area contributed by atoms with Gasteiger partial charge in [-0.15, -0.1) is 0 Å². The lowest BCUT2D eigenvalue weighted by Gasteiger charge is -2.30. The number of carbonyl (C=O) groups is 1. The molecule has 0 radical (unpaired) electrons. The van der Waals surface area contributed by atoms with Crippen LogP contribution >= 0.6 is 0 Å². The first kappa shape index (κ1) is 22.2. The monoisotopic (exact) mass is 387 g/mol. The van der Waals surface area contributed by atoms with Gasteiger partial charge < -0.3 is 20.4 Å². The number of unbranched alkanes of at least 4 members (excludes halogenated alkanes) is 1. The van der Waals surface area contributed by atoms with E-state index in [1.54, 1.807) is 26.0 Å². The number of hydrogen-bond donors (Lipinski definition) is 2. The second kappa shape index (κ2) is 11.7. The fourth-order valence-electron chi connectivity index (χ4n) is 3.59. The molecule has 0 saturated carbocycles. The van der Waals surface area contributed by atoms with Crippen molar-refractivity contribution in [2.24, 2.45) is 10.9 Å².